The van der Waals surface area contributed by atoms with Crippen molar-refractivity contribution in [1.82, 2.24) is 9.80 Å². The summed E-state index contributed by atoms with van der Waals surface area (Å²) in [6, 6.07) is 4.82. The van der Waals surface area contributed by atoms with Gasteiger partial charge in [-0.1, -0.05) is 6.92 Å². The van der Waals surface area contributed by atoms with E-state index in [-0.39, 0.29) is 11.9 Å². The Morgan fingerprint density at radius 2 is 1.84 bits per heavy atom. The number of amides is 1. The standard InChI is InChI=1S/C23H28F3N3O3/c1-3-28-12-9-22(10-13-28)19(15(2)21(31)32-22)20(30)29-11-8-18(14-29)27-17-6-4-16(5-7-17)23(24,25)26/h4-7,18,27H,3,8-14H2,1-2H3. The van der Waals surface area contributed by atoms with E-state index in [2.05, 4.69) is 17.1 Å². The van der Waals surface area contributed by atoms with E-state index in [1.54, 1.807) is 11.8 Å². The van der Waals surface area contributed by atoms with Crippen molar-refractivity contribution in [3.8, 4) is 0 Å². The van der Waals surface area contributed by atoms with Crippen molar-refractivity contribution in [3.63, 3.8) is 0 Å². The lowest BCUT2D eigenvalue weighted by Crippen LogP contribution is -2.49. The van der Waals surface area contributed by atoms with Crippen molar-refractivity contribution in [2.75, 3.05) is 38.0 Å². The number of hydrogen-bond donors (Lipinski definition) is 1. The topological polar surface area (TPSA) is 61.9 Å². The Morgan fingerprint density at radius 1 is 1.19 bits per heavy atom. The lowest BCUT2D eigenvalue weighted by molar-refractivity contribution is -0.151. The predicted molar refractivity (Wildman–Crippen MR) is 113 cm³/mol. The molecule has 4 rings (SSSR count). The first kappa shape index (κ1) is 22.6. The zero-order valence-electron chi connectivity index (χ0n) is 18.3. The van der Waals surface area contributed by atoms with Crippen LogP contribution in [0.2, 0.25) is 0 Å². The third-order valence-electron chi connectivity index (χ3n) is 6.81. The summed E-state index contributed by atoms with van der Waals surface area (Å²) in [6.45, 7) is 7.13. The van der Waals surface area contributed by atoms with Crippen molar-refractivity contribution in [1.29, 1.82) is 0 Å². The highest BCUT2D eigenvalue weighted by Gasteiger charge is 2.52. The van der Waals surface area contributed by atoms with E-state index in [0.29, 0.717) is 49.2 Å². The molecule has 32 heavy (non-hydrogen) atoms. The zero-order valence-corrected chi connectivity index (χ0v) is 18.3. The number of halogens is 3. The van der Waals surface area contributed by atoms with Gasteiger partial charge < -0.3 is 19.9 Å². The van der Waals surface area contributed by atoms with E-state index in [4.69, 9.17) is 4.74 Å². The molecular formula is C23H28F3N3O3. The lowest BCUT2D eigenvalue weighted by Gasteiger charge is -2.39. The molecule has 3 aliphatic heterocycles. The van der Waals surface area contributed by atoms with E-state index in [1.165, 1.54) is 12.1 Å². The minimum atomic E-state index is -4.37. The van der Waals surface area contributed by atoms with Gasteiger partial charge in [-0.15, -0.1) is 0 Å². The summed E-state index contributed by atoms with van der Waals surface area (Å²) in [5, 5.41) is 3.22. The van der Waals surface area contributed by atoms with Crippen LogP contribution in [0.15, 0.2) is 35.4 Å². The summed E-state index contributed by atoms with van der Waals surface area (Å²) in [6.07, 6.45) is -2.49. The molecule has 2 fully saturated rings. The van der Waals surface area contributed by atoms with Crippen molar-refractivity contribution >= 4 is 17.6 Å². The van der Waals surface area contributed by atoms with Gasteiger partial charge in [-0.05, 0) is 44.2 Å². The summed E-state index contributed by atoms with van der Waals surface area (Å²) in [7, 11) is 0. The molecule has 0 aliphatic carbocycles. The van der Waals surface area contributed by atoms with Gasteiger partial charge in [0.05, 0.1) is 11.1 Å². The van der Waals surface area contributed by atoms with Crippen molar-refractivity contribution < 1.29 is 27.5 Å². The van der Waals surface area contributed by atoms with Gasteiger partial charge in [0, 0.05) is 56.3 Å². The SMILES string of the molecule is CCN1CCC2(CC1)OC(=O)C(C)=C2C(=O)N1CCC(Nc2ccc(C(F)(F)F)cc2)C1. The molecule has 1 unspecified atom stereocenters. The highest BCUT2D eigenvalue weighted by Crippen LogP contribution is 2.42. The number of carbonyl (C=O) groups excluding carboxylic acids is 2. The van der Waals surface area contributed by atoms with Crippen LogP contribution in [0.3, 0.4) is 0 Å². The Kier molecular flexibility index (Phi) is 5.96. The third-order valence-corrected chi connectivity index (χ3v) is 6.81. The fourth-order valence-electron chi connectivity index (χ4n) is 4.90. The van der Waals surface area contributed by atoms with E-state index in [0.717, 1.165) is 31.8 Å². The summed E-state index contributed by atoms with van der Waals surface area (Å²) >= 11 is 0. The van der Waals surface area contributed by atoms with E-state index < -0.39 is 23.3 Å². The van der Waals surface area contributed by atoms with Gasteiger partial charge in [-0.2, -0.15) is 13.2 Å². The minimum absolute atomic E-state index is 0.0764. The molecule has 0 aromatic heterocycles. The maximum atomic E-state index is 13.5. The average molecular weight is 451 g/mol. The third kappa shape index (κ3) is 4.22. The molecule has 6 nitrogen and oxygen atoms in total. The van der Waals surface area contributed by atoms with Gasteiger partial charge in [-0.25, -0.2) is 4.79 Å². The monoisotopic (exact) mass is 451 g/mol. The largest absolute Gasteiger partial charge is 0.450 e. The fraction of sp³-hybridized carbons (Fsp3) is 0.565. The fourth-order valence-corrected chi connectivity index (χ4v) is 4.90. The van der Waals surface area contributed by atoms with Crippen LogP contribution in [-0.4, -0.2) is 66.0 Å². The van der Waals surface area contributed by atoms with E-state index >= 15 is 0 Å². The Bertz CT molecular complexity index is 919. The van der Waals surface area contributed by atoms with E-state index in [9.17, 15) is 22.8 Å². The van der Waals surface area contributed by atoms with Crippen LogP contribution in [0.25, 0.3) is 0 Å². The first-order valence-electron chi connectivity index (χ1n) is 11.0. The number of nitrogens with zero attached hydrogens (tertiary/aromatic N) is 2. The molecule has 0 bridgehead atoms. The Balaban J connectivity index is 1.43. The Morgan fingerprint density at radius 3 is 2.44 bits per heavy atom. The molecule has 1 spiro atoms. The molecule has 0 radical (unpaired) electrons. The summed E-state index contributed by atoms with van der Waals surface area (Å²) in [5.41, 5.74) is -0.0925. The highest BCUT2D eigenvalue weighted by atomic mass is 19.4. The first-order valence-corrected chi connectivity index (χ1v) is 11.0. The first-order chi connectivity index (χ1) is 15.1. The number of nitrogens with one attached hydrogen (secondary N) is 1. The molecule has 3 heterocycles. The summed E-state index contributed by atoms with van der Waals surface area (Å²) < 4.78 is 44.0. The van der Waals surface area contributed by atoms with Gasteiger partial charge in [0.25, 0.3) is 5.91 Å². The number of piperidine rings is 1. The molecule has 1 N–H and O–H groups in total. The molecule has 0 saturated carbocycles. The molecule has 2 saturated heterocycles. The Hall–Kier alpha value is -2.55. The number of alkyl halides is 3. The predicted octanol–water partition coefficient (Wildman–Crippen LogP) is 3.45. The number of benzene rings is 1. The normalized spacial score (nSPS) is 23.7. The molecule has 9 heteroatoms. The van der Waals surface area contributed by atoms with Crippen molar-refractivity contribution in [2.24, 2.45) is 0 Å². The maximum absolute atomic E-state index is 13.5. The summed E-state index contributed by atoms with van der Waals surface area (Å²) in [4.78, 5) is 29.8. The van der Waals surface area contributed by atoms with Crippen LogP contribution in [0, 0.1) is 0 Å². The number of esters is 1. The van der Waals surface area contributed by atoms with Crippen molar-refractivity contribution in [2.45, 2.75) is 50.9 Å². The van der Waals surface area contributed by atoms with Crippen LogP contribution in [0.1, 0.15) is 38.7 Å². The summed E-state index contributed by atoms with van der Waals surface area (Å²) in [5.74, 6) is -0.591. The van der Waals surface area contributed by atoms with Gasteiger partial charge in [0.1, 0.15) is 5.60 Å². The maximum Gasteiger partial charge on any atom is 0.416 e. The number of hydrogen-bond acceptors (Lipinski definition) is 5. The zero-order chi connectivity index (χ0) is 23.1. The molecule has 1 atom stereocenters. The van der Waals surface area contributed by atoms with E-state index in [1.807, 2.05) is 0 Å². The van der Waals surface area contributed by atoms with Crippen molar-refractivity contribution in [3.05, 3.63) is 41.0 Å². The molecule has 1 aromatic rings. The number of anilines is 1. The minimum Gasteiger partial charge on any atom is -0.450 e. The average Bonchev–Trinajstić information content (AvgIpc) is 3.31. The van der Waals surface area contributed by atoms with Crippen LogP contribution < -0.4 is 5.32 Å². The smallest absolute Gasteiger partial charge is 0.416 e. The van der Waals surface area contributed by atoms with Gasteiger partial charge >= 0.3 is 12.1 Å². The molecule has 174 valence electrons. The molecule has 1 amide bonds. The number of ether oxygens (including phenoxy) is 1. The second-order valence-corrected chi connectivity index (χ2v) is 8.77. The van der Waals surface area contributed by atoms with Crippen LogP contribution in [0.4, 0.5) is 18.9 Å². The Labute approximate surface area is 185 Å². The van der Waals surface area contributed by atoms with Gasteiger partial charge in [0.15, 0.2) is 0 Å². The molecule has 1 aromatic carbocycles. The number of likely N-dealkylation sites (tertiary alicyclic amines) is 2. The second kappa shape index (κ2) is 8.42. The highest BCUT2D eigenvalue weighted by molar-refractivity contribution is 6.07. The quantitative estimate of drug-likeness (QED) is 0.711. The molecular weight excluding hydrogens is 423 g/mol. The number of rotatable bonds is 4. The van der Waals surface area contributed by atoms with Gasteiger partial charge in [-0.3, -0.25) is 4.79 Å². The number of carbonyl (C=O) groups is 2. The lowest BCUT2D eigenvalue weighted by atomic mass is 9.82. The van der Waals surface area contributed by atoms with Crippen LogP contribution >= 0.6 is 0 Å². The van der Waals surface area contributed by atoms with Crippen LogP contribution in [0.5, 0.6) is 0 Å². The van der Waals surface area contributed by atoms with Gasteiger partial charge in [0.2, 0.25) is 0 Å². The van der Waals surface area contributed by atoms with Crippen LogP contribution in [-0.2, 0) is 20.5 Å². The second-order valence-electron chi connectivity index (χ2n) is 8.77. The molecule has 3 aliphatic rings.